The fraction of sp³-hybridized carbons (Fsp3) is 0.188. The summed E-state index contributed by atoms with van der Waals surface area (Å²) >= 11 is 0. The minimum atomic E-state index is -0.539. The van der Waals surface area contributed by atoms with E-state index >= 15 is 0 Å². The number of ether oxygens (including phenoxy) is 1. The number of rotatable bonds is 5. The van der Waals surface area contributed by atoms with E-state index in [1.165, 1.54) is 12.1 Å². The molecule has 0 aliphatic carbocycles. The summed E-state index contributed by atoms with van der Waals surface area (Å²) in [5.74, 6) is -0.336. The summed E-state index contributed by atoms with van der Waals surface area (Å²) in [4.78, 5) is 12.0. The summed E-state index contributed by atoms with van der Waals surface area (Å²) in [6, 6.07) is 12.9. The topological polar surface area (TPSA) is 38.3 Å². The van der Waals surface area contributed by atoms with E-state index in [0.717, 1.165) is 6.42 Å². The third kappa shape index (κ3) is 3.57. The van der Waals surface area contributed by atoms with E-state index in [0.29, 0.717) is 18.0 Å². The molecule has 3 nitrogen and oxygen atoms in total. The van der Waals surface area contributed by atoms with Crippen molar-refractivity contribution in [2.75, 3.05) is 11.9 Å². The molecule has 0 aliphatic heterocycles. The quantitative estimate of drug-likeness (QED) is 0.898. The van der Waals surface area contributed by atoms with E-state index < -0.39 is 11.7 Å². The van der Waals surface area contributed by atoms with Crippen LogP contribution in [0.4, 0.5) is 10.1 Å². The first-order chi connectivity index (χ1) is 9.70. The molecule has 1 amide bonds. The molecule has 0 heterocycles. The van der Waals surface area contributed by atoms with Crippen LogP contribution in [0.3, 0.4) is 0 Å². The van der Waals surface area contributed by atoms with Crippen LogP contribution in [0, 0.1) is 5.82 Å². The third-order valence-corrected chi connectivity index (χ3v) is 2.68. The van der Waals surface area contributed by atoms with Gasteiger partial charge in [-0.1, -0.05) is 25.1 Å². The summed E-state index contributed by atoms with van der Waals surface area (Å²) < 4.78 is 19.0. The zero-order valence-corrected chi connectivity index (χ0v) is 11.2. The molecule has 2 aromatic rings. The lowest BCUT2D eigenvalue weighted by molar-refractivity contribution is 0.102. The van der Waals surface area contributed by atoms with Gasteiger partial charge in [0.25, 0.3) is 5.91 Å². The molecule has 0 aliphatic rings. The van der Waals surface area contributed by atoms with Gasteiger partial charge in [-0.2, -0.15) is 0 Å². The van der Waals surface area contributed by atoms with Gasteiger partial charge < -0.3 is 10.1 Å². The highest BCUT2D eigenvalue weighted by atomic mass is 19.1. The van der Waals surface area contributed by atoms with Crippen LogP contribution in [0.25, 0.3) is 0 Å². The van der Waals surface area contributed by atoms with Crippen LogP contribution in [-0.4, -0.2) is 12.5 Å². The van der Waals surface area contributed by atoms with E-state index in [9.17, 15) is 9.18 Å². The molecule has 104 valence electrons. The third-order valence-electron chi connectivity index (χ3n) is 2.68. The standard InChI is InChI=1S/C16H16FNO2/c1-2-10-20-13-7-5-6-12(11-13)18-16(19)14-8-3-4-9-15(14)17/h3-9,11H,2,10H2,1H3,(H,18,19). The van der Waals surface area contributed by atoms with Crippen molar-refractivity contribution in [2.24, 2.45) is 0 Å². The van der Waals surface area contributed by atoms with Crippen molar-refractivity contribution >= 4 is 11.6 Å². The molecule has 0 bridgehead atoms. The van der Waals surface area contributed by atoms with Gasteiger partial charge in [-0.25, -0.2) is 4.39 Å². The van der Waals surface area contributed by atoms with Crippen molar-refractivity contribution in [3.63, 3.8) is 0 Å². The van der Waals surface area contributed by atoms with Crippen LogP contribution in [0.15, 0.2) is 48.5 Å². The molecule has 0 unspecified atom stereocenters. The summed E-state index contributed by atoms with van der Waals surface area (Å²) in [6.45, 7) is 2.63. The molecule has 0 aromatic heterocycles. The number of benzene rings is 2. The Morgan fingerprint density at radius 1 is 1.20 bits per heavy atom. The van der Waals surface area contributed by atoms with Crippen LogP contribution < -0.4 is 10.1 Å². The normalized spacial score (nSPS) is 10.1. The zero-order chi connectivity index (χ0) is 14.4. The van der Waals surface area contributed by atoms with Crippen molar-refractivity contribution in [3.8, 4) is 5.75 Å². The molecule has 0 atom stereocenters. The minimum absolute atomic E-state index is 0.0207. The van der Waals surface area contributed by atoms with Gasteiger partial charge in [0.15, 0.2) is 0 Å². The van der Waals surface area contributed by atoms with Gasteiger partial charge >= 0.3 is 0 Å². The van der Waals surface area contributed by atoms with Gasteiger partial charge in [0.2, 0.25) is 0 Å². The Morgan fingerprint density at radius 3 is 2.75 bits per heavy atom. The highest BCUT2D eigenvalue weighted by Gasteiger charge is 2.11. The number of carbonyl (C=O) groups excluding carboxylic acids is 1. The van der Waals surface area contributed by atoms with Crippen LogP contribution >= 0.6 is 0 Å². The number of carbonyl (C=O) groups is 1. The van der Waals surface area contributed by atoms with E-state index in [-0.39, 0.29) is 5.56 Å². The Bertz CT molecular complexity index is 599. The predicted molar refractivity (Wildman–Crippen MR) is 76.6 cm³/mol. The second kappa shape index (κ2) is 6.70. The first-order valence-corrected chi connectivity index (χ1v) is 6.49. The smallest absolute Gasteiger partial charge is 0.258 e. The molecule has 4 heteroatoms. The number of hydrogen-bond acceptors (Lipinski definition) is 2. The summed E-state index contributed by atoms with van der Waals surface area (Å²) in [5, 5.41) is 2.66. The first kappa shape index (κ1) is 14.1. The average Bonchev–Trinajstić information content (AvgIpc) is 2.46. The number of anilines is 1. The Labute approximate surface area is 117 Å². The highest BCUT2D eigenvalue weighted by Crippen LogP contribution is 2.18. The number of amides is 1. The number of hydrogen-bond donors (Lipinski definition) is 1. The molecule has 0 fully saturated rings. The molecule has 20 heavy (non-hydrogen) atoms. The Morgan fingerprint density at radius 2 is 2.00 bits per heavy atom. The molecule has 0 spiro atoms. The van der Waals surface area contributed by atoms with Gasteiger partial charge in [-0.3, -0.25) is 4.79 Å². The van der Waals surface area contributed by atoms with Crippen molar-refractivity contribution in [1.29, 1.82) is 0 Å². The Kier molecular flexibility index (Phi) is 4.71. The molecule has 1 N–H and O–H groups in total. The molecule has 0 radical (unpaired) electrons. The van der Waals surface area contributed by atoms with E-state index in [2.05, 4.69) is 5.32 Å². The van der Waals surface area contributed by atoms with Gasteiger partial charge in [-0.15, -0.1) is 0 Å². The van der Waals surface area contributed by atoms with Crippen molar-refractivity contribution in [3.05, 3.63) is 59.9 Å². The molecular formula is C16H16FNO2. The lowest BCUT2D eigenvalue weighted by Crippen LogP contribution is -2.13. The summed E-state index contributed by atoms with van der Waals surface area (Å²) in [5.41, 5.74) is 0.597. The maximum Gasteiger partial charge on any atom is 0.258 e. The van der Waals surface area contributed by atoms with Crippen molar-refractivity contribution in [1.82, 2.24) is 0 Å². The fourth-order valence-electron chi connectivity index (χ4n) is 1.73. The van der Waals surface area contributed by atoms with Gasteiger partial charge in [0.05, 0.1) is 12.2 Å². The monoisotopic (exact) mass is 273 g/mol. The van der Waals surface area contributed by atoms with Crippen LogP contribution in [0.2, 0.25) is 0 Å². The van der Waals surface area contributed by atoms with Crippen LogP contribution in [0.5, 0.6) is 5.75 Å². The van der Waals surface area contributed by atoms with E-state index in [1.807, 2.05) is 13.0 Å². The maximum atomic E-state index is 13.5. The molecule has 0 saturated heterocycles. The Hall–Kier alpha value is -2.36. The molecular weight excluding hydrogens is 257 g/mol. The van der Waals surface area contributed by atoms with Crippen molar-refractivity contribution < 1.29 is 13.9 Å². The lowest BCUT2D eigenvalue weighted by Gasteiger charge is -2.09. The number of halogens is 1. The molecule has 2 rings (SSSR count). The minimum Gasteiger partial charge on any atom is -0.494 e. The van der Waals surface area contributed by atoms with Crippen LogP contribution in [0.1, 0.15) is 23.7 Å². The average molecular weight is 273 g/mol. The largest absolute Gasteiger partial charge is 0.494 e. The molecule has 0 saturated carbocycles. The van der Waals surface area contributed by atoms with Crippen molar-refractivity contribution in [2.45, 2.75) is 13.3 Å². The molecule has 2 aromatic carbocycles. The zero-order valence-electron chi connectivity index (χ0n) is 11.2. The first-order valence-electron chi connectivity index (χ1n) is 6.49. The predicted octanol–water partition coefficient (Wildman–Crippen LogP) is 3.87. The van der Waals surface area contributed by atoms with Gasteiger partial charge in [-0.05, 0) is 30.7 Å². The van der Waals surface area contributed by atoms with Crippen LogP contribution in [-0.2, 0) is 0 Å². The van der Waals surface area contributed by atoms with E-state index in [1.54, 1.807) is 30.3 Å². The number of nitrogens with one attached hydrogen (secondary N) is 1. The second-order valence-corrected chi connectivity index (χ2v) is 4.31. The highest BCUT2D eigenvalue weighted by molar-refractivity contribution is 6.04. The summed E-state index contributed by atoms with van der Waals surface area (Å²) in [7, 11) is 0. The fourth-order valence-corrected chi connectivity index (χ4v) is 1.73. The maximum absolute atomic E-state index is 13.5. The Balaban J connectivity index is 2.10. The summed E-state index contributed by atoms with van der Waals surface area (Å²) in [6.07, 6.45) is 0.909. The second-order valence-electron chi connectivity index (χ2n) is 4.31. The van der Waals surface area contributed by atoms with E-state index in [4.69, 9.17) is 4.74 Å². The van der Waals surface area contributed by atoms with Gasteiger partial charge in [0.1, 0.15) is 11.6 Å². The SMILES string of the molecule is CCCOc1cccc(NC(=O)c2ccccc2F)c1. The lowest BCUT2D eigenvalue weighted by atomic mass is 10.2. The van der Waals surface area contributed by atoms with Gasteiger partial charge in [0, 0.05) is 11.8 Å².